The molecule has 1 atom stereocenters. The van der Waals surface area contributed by atoms with Crippen LogP contribution in [0.5, 0.6) is 11.5 Å². The number of benzene rings is 1. The fraction of sp³-hybridized carbons (Fsp3) is 0.370. The van der Waals surface area contributed by atoms with Crippen LogP contribution in [0.25, 0.3) is 6.08 Å². The number of methoxy groups -OCH3 is 2. The van der Waals surface area contributed by atoms with Crippen LogP contribution in [-0.4, -0.2) is 44.5 Å². The lowest BCUT2D eigenvalue weighted by Crippen LogP contribution is -2.40. The molecular formula is C27H30BrN3O6S. The van der Waals surface area contributed by atoms with Crippen LogP contribution in [0.1, 0.15) is 45.1 Å². The molecule has 0 saturated carbocycles. The molecule has 9 nitrogen and oxygen atoms in total. The maximum absolute atomic E-state index is 13.9. The highest BCUT2D eigenvalue weighted by molar-refractivity contribution is 9.10. The number of fused-ring (bicyclic) bond motifs is 1. The van der Waals surface area contributed by atoms with Crippen molar-refractivity contribution < 1.29 is 23.4 Å². The van der Waals surface area contributed by atoms with Gasteiger partial charge >= 0.3 is 5.97 Å². The predicted octanol–water partition coefficient (Wildman–Crippen LogP) is 4.02. The molecule has 1 aliphatic rings. The number of esters is 1. The van der Waals surface area contributed by atoms with E-state index in [9.17, 15) is 9.59 Å². The quantitative estimate of drug-likeness (QED) is 0.341. The fourth-order valence-electron chi connectivity index (χ4n) is 4.42. The molecule has 38 heavy (non-hydrogen) atoms. The standard InChI is InChI=1S/C27H30BrN3O6S/c1-7-30(8-2)22-11-10-16(37-22)12-21-25(32)31-24(17-13-19(34-5)20(35-6)14-18(17)28)23(26(33)36-9-3)15(4)29-27(31)38-21/h10-14,24H,7-9H2,1-6H3/b21-12-. The number of hydrogen-bond acceptors (Lipinski definition) is 9. The van der Waals surface area contributed by atoms with Crippen LogP contribution in [0.2, 0.25) is 0 Å². The van der Waals surface area contributed by atoms with Crippen molar-refractivity contribution in [3.05, 3.63) is 71.0 Å². The first-order chi connectivity index (χ1) is 18.3. The summed E-state index contributed by atoms with van der Waals surface area (Å²) in [5.74, 6) is 1.73. The molecule has 0 fully saturated rings. The number of hydrogen-bond donors (Lipinski definition) is 0. The molecule has 1 aliphatic heterocycles. The van der Waals surface area contributed by atoms with Crippen LogP contribution in [0.15, 0.2) is 54.2 Å². The van der Waals surface area contributed by atoms with Gasteiger partial charge in [0.05, 0.1) is 42.7 Å². The van der Waals surface area contributed by atoms with Crippen LogP contribution < -0.4 is 29.3 Å². The minimum Gasteiger partial charge on any atom is -0.493 e. The second-order valence-corrected chi connectivity index (χ2v) is 10.2. The SMILES string of the molecule is CCOC(=O)C1=C(C)N=c2s/c(=C\c3ccc(N(CC)CC)o3)c(=O)n2C1c1cc(OC)c(OC)cc1Br. The van der Waals surface area contributed by atoms with Crippen molar-refractivity contribution in [2.45, 2.75) is 33.7 Å². The Labute approximate surface area is 232 Å². The van der Waals surface area contributed by atoms with Crippen molar-refractivity contribution >= 4 is 45.2 Å². The molecule has 3 heterocycles. The second kappa shape index (κ2) is 11.6. The van der Waals surface area contributed by atoms with Crippen molar-refractivity contribution in [3.63, 3.8) is 0 Å². The Morgan fingerprint density at radius 3 is 2.50 bits per heavy atom. The zero-order valence-electron chi connectivity index (χ0n) is 22.2. The number of ether oxygens (including phenoxy) is 3. The topological polar surface area (TPSA) is 95.5 Å². The van der Waals surface area contributed by atoms with Crippen LogP contribution in [0, 0.1) is 0 Å². The van der Waals surface area contributed by atoms with E-state index in [4.69, 9.17) is 18.6 Å². The lowest BCUT2D eigenvalue weighted by Gasteiger charge is -2.26. The number of carbonyl (C=O) groups is 1. The minimum atomic E-state index is -0.801. The molecule has 0 N–H and O–H groups in total. The van der Waals surface area contributed by atoms with Gasteiger partial charge in [0.1, 0.15) is 5.76 Å². The van der Waals surface area contributed by atoms with Crippen molar-refractivity contribution in [1.29, 1.82) is 0 Å². The average molecular weight is 605 g/mol. The Bertz CT molecular complexity index is 1560. The zero-order valence-corrected chi connectivity index (χ0v) is 24.6. The highest BCUT2D eigenvalue weighted by Crippen LogP contribution is 2.40. The van der Waals surface area contributed by atoms with Crippen molar-refractivity contribution in [2.75, 3.05) is 38.8 Å². The Kier molecular flexibility index (Phi) is 8.47. The highest BCUT2D eigenvalue weighted by Gasteiger charge is 2.35. The van der Waals surface area contributed by atoms with Crippen molar-refractivity contribution in [3.8, 4) is 11.5 Å². The molecule has 0 bridgehead atoms. The number of aromatic nitrogens is 1. The Morgan fingerprint density at radius 2 is 1.87 bits per heavy atom. The van der Waals surface area contributed by atoms with Crippen molar-refractivity contribution in [2.24, 2.45) is 4.99 Å². The molecule has 0 amide bonds. The van der Waals surface area contributed by atoms with Gasteiger partial charge in [-0.2, -0.15) is 0 Å². The van der Waals surface area contributed by atoms with E-state index in [-0.39, 0.29) is 17.7 Å². The third-order valence-electron chi connectivity index (χ3n) is 6.28. The van der Waals surface area contributed by atoms with Gasteiger partial charge in [0.25, 0.3) is 5.56 Å². The summed E-state index contributed by atoms with van der Waals surface area (Å²) in [6.45, 7) is 9.39. The Morgan fingerprint density at radius 1 is 1.18 bits per heavy atom. The maximum atomic E-state index is 13.9. The average Bonchev–Trinajstić information content (AvgIpc) is 3.48. The third kappa shape index (κ3) is 5.04. The molecule has 11 heteroatoms. The third-order valence-corrected chi connectivity index (χ3v) is 7.95. The summed E-state index contributed by atoms with van der Waals surface area (Å²) in [5, 5.41) is 0. The summed E-state index contributed by atoms with van der Waals surface area (Å²) < 4.78 is 24.9. The second-order valence-electron chi connectivity index (χ2n) is 8.38. The molecule has 2 aromatic heterocycles. The number of nitrogens with zero attached hydrogens (tertiary/aromatic N) is 3. The molecule has 202 valence electrons. The number of rotatable bonds is 9. The van der Waals surface area contributed by atoms with Gasteiger partial charge < -0.3 is 23.5 Å². The van der Waals surface area contributed by atoms with Gasteiger partial charge in [0.2, 0.25) is 0 Å². The van der Waals surface area contributed by atoms with Gasteiger partial charge in [0.15, 0.2) is 22.2 Å². The summed E-state index contributed by atoms with van der Waals surface area (Å²) in [6, 6.07) is 6.43. The zero-order chi connectivity index (χ0) is 27.6. The monoisotopic (exact) mass is 603 g/mol. The van der Waals surface area contributed by atoms with Gasteiger partial charge in [-0.1, -0.05) is 27.3 Å². The molecule has 0 saturated heterocycles. The van der Waals surface area contributed by atoms with E-state index in [0.717, 1.165) is 19.0 Å². The van der Waals surface area contributed by atoms with Crippen LogP contribution in [0.3, 0.4) is 0 Å². The molecule has 1 aromatic carbocycles. The van der Waals surface area contributed by atoms with Crippen LogP contribution in [0.4, 0.5) is 5.88 Å². The van der Waals surface area contributed by atoms with Crippen LogP contribution >= 0.6 is 27.3 Å². The lowest BCUT2D eigenvalue weighted by atomic mass is 9.95. The first-order valence-corrected chi connectivity index (χ1v) is 13.8. The van der Waals surface area contributed by atoms with Crippen molar-refractivity contribution in [1.82, 2.24) is 4.57 Å². The van der Waals surface area contributed by atoms with E-state index in [2.05, 4.69) is 39.7 Å². The predicted molar refractivity (Wildman–Crippen MR) is 150 cm³/mol. The Hall–Kier alpha value is -3.31. The van der Waals surface area contributed by atoms with Crippen LogP contribution in [-0.2, 0) is 9.53 Å². The highest BCUT2D eigenvalue weighted by atomic mass is 79.9. The van der Waals surface area contributed by atoms with Gasteiger partial charge in [0, 0.05) is 29.7 Å². The number of halogens is 1. The van der Waals surface area contributed by atoms with Gasteiger partial charge in [-0.15, -0.1) is 0 Å². The first kappa shape index (κ1) is 27.7. The van der Waals surface area contributed by atoms with Gasteiger partial charge in [-0.3, -0.25) is 9.36 Å². The first-order valence-electron chi connectivity index (χ1n) is 12.2. The molecular weight excluding hydrogens is 574 g/mol. The van der Waals surface area contributed by atoms with E-state index in [1.807, 2.05) is 12.1 Å². The normalized spacial score (nSPS) is 15.2. The maximum Gasteiger partial charge on any atom is 0.338 e. The van der Waals surface area contributed by atoms with Gasteiger partial charge in [-0.25, -0.2) is 9.79 Å². The molecule has 0 spiro atoms. The van der Waals surface area contributed by atoms with E-state index < -0.39 is 12.0 Å². The molecule has 0 aliphatic carbocycles. The lowest BCUT2D eigenvalue weighted by molar-refractivity contribution is -0.139. The smallest absolute Gasteiger partial charge is 0.338 e. The molecule has 0 radical (unpaired) electrons. The largest absolute Gasteiger partial charge is 0.493 e. The number of furan rings is 1. The molecule has 1 unspecified atom stereocenters. The summed E-state index contributed by atoms with van der Waals surface area (Å²) >= 11 is 4.84. The number of anilines is 1. The number of carbonyl (C=O) groups excluding carboxylic acids is 1. The number of thiazole rings is 1. The molecule has 3 aromatic rings. The summed E-state index contributed by atoms with van der Waals surface area (Å²) in [4.78, 5) is 34.2. The minimum absolute atomic E-state index is 0.188. The van der Waals surface area contributed by atoms with E-state index >= 15 is 0 Å². The van der Waals surface area contributed by atoms with E-state index in [1.165, 1.54) is 23.0 Å². The van der Waals surface area contributed by atoms with E-state index in [1.54, 1.807) is 39.2 Å². The summed E-state index contributed by atoms with van der Waals surface area (Å²) in [6.07, 6.45) is 1.71. The Balaban J connectivity index is 1.94. The summed E-state index contributed by atoms with van der Waals surface area (Å²) in [7, 11) is 3.08. The van der Waals surface area contributed by atoms with E-state index in [0.29, 0.717) is 42.3 Å². The van der Waals surface area contributed by atoms with Gasteiger partial charge in [-0.05, 0) is 51.5 Å². The fourth-order valence-corrected chi connectivity index (χ4v) is 5.99. The molecule has 4 rings (SSSR count). The summed E-state index contributed by atoms with van der Waals surface area (Å²) in [5.41, 5.74) is 1.09. The number of allylic oxidation sites excluding steroid dienone is 1.